The van der Waals surface area contributed by atoms with Gasteiger partial charge in [-0.1, -0.05) is 148 Å². The Kier molecular flexibility index (Phi) is 7.07. The predicted octanol–water partition coefficient (Wildman–Crippen LogP) is 13.9. The summed E-state index contributed by atoms with van der Waals surface area (Å²) < 4.78 is 0. The second-order valence-electron chi connectivity index (χ2n) is 15.7. The molecular formula is C50H43N. The Hall–Kier alpha value is -5.40. The Labute approximate surface area is 302 Å². The van der Waals surface area contributed by atoms with Crippen LogP contribution in [-0.2, 0) is 5.41 Å². The molecule has 0 aliphatic heterocycles. The molecule has 2 saturated carbocycles. The molecule has 2 bridgehead atoms. The third kappa shape index (κ3) is 4.89. The molecule has 0 aromatic heterocycles. The van der Waals surface area contributed by atoms with Crippen molar-refractivity contribution < 1.29 is 0 Å². The molecule has 7 aromatic carbocycles. The summed E-state index contributed by atoms with van der Waals surface area (Å²) in [5.41, 5.74) is 15.5. The van der Waals surface area contributed by atoms with Gasteiger partial charge < -0.3 is 4.90 Å². The van der Waals surface area contributed by atoms with Gasteiger partial charge in [-0.25, -0.2) is 0 Å². The minimum Gasteiger partial charge on any atom is -0.310 e. The third-order valence-corrected chi connectivity index (χ3v) is 12.5. The lowest BCUT2D eigenvalue weighted by Gasteiger charge is -2.30. The van der Waals surface area contributed by atoms with E-state index in [-0.39, 0.29) is 5.41 Å². The van der Waals surface area contributed by atoms with Gasteiger partial charge in [-0.15, -0.1) is 0 Å². The molecule has 2 fully saturated rings. The summed E-state index contributed by atoms with van der Waals surface area (Å²) >= 11 is 0. The van der Waals surface area contributed by atoms with Crippen molar-refractivity contribution in [2.24, 2.45) is 11.8 Å². The van der Waals surface area contributed by atoms with Crippen LogP contribution in [0.25, 0.3) is 44.2 Å². The van der Waals surface area contributed by atoms with E-state index in [4.69, 9.17) is 0 Å². The summed E-state index contributed by atoms with van der Waals surface area (Å²) in [6.45, 7) is 4.75. The van der Waals surface area contributed by atoms with Crippen LogP contribution in [-0.4, -0.2) is 0 Å². The van der Waals surface area contributed by atoms with Crippen LogP contribution in [0.2, 0.25) is 0 Å². The van der Waals surface area contributed by atoms with E-state index in [1.807, 2.05) is 0 Å². The molecular weight excluding hydrogens is 615 g/mol. The highest BCUT2D eigenvalue weighted by Gasteiger charge is 2.40. The van der Waals surface area contributed by atoms with Gasteiger partial charge in [0.1, 0.15) is 0 Å². The monoisotopic (exact) mass is 657 g/mol. The highest BCUT2D eigenvalue weighted by molar-refractivity contribution is 6.07. The molecule has 3 aliphatic carbocycles. The van der Waals surface area contributed by atoms with Crippen LogP contribution in [0.15, 0.2) is 158 Å². The molecule has 51 heavy (non-hydrogen) atoms. The van der Waals surface area contributed by atoms with Crippen LogP contribution in [0.3, 0.4) is 0 Å². The summed E-state index contributed by atoms with van der Waals surface area (Å²) in [6.07, 6.45) is 5.63. The van der Waals surface area contributed by atoms with Gasteiger partial charge in [0.15, 0.2) is 0 Å². The first-order chi connectivity index (χ1) is 25.0. The van der Waals surface area contributed by atoms with Crippen LogP contribution in [0.4, 0.5) is 17.1 Å². The standard InChI is InChI=1S/C50H43N/c1-50(2)45-21-7-6-18-43(45)49-46(50)22-11-23-47(49)51(39-28-26-35(27-29-39)44-31-33-24-25-38(44)30-33)40-17-8-16-37(32-40)42-20-10-15-36-14-9-19-41(48(36)42)34-12-4-3-5-13-34/h3-23,26-29,32-33,38,44H,24-25,30-31H2,1-2H3. The average Bonchev–Trinajstić information content (AvgIpc) is 3.88. The topological polar surface area (TPSA) is 3.24 Å². The molecule has 0 radical (unpaired) electrons. The van der Waals surface area contributed by atoms with Crippen LogP contribution >= 0.6 is 0 Å². The van der Waals surface area contributed by atoms with Gasteiger partial charge in [-0.3, -0.25) is 0 Å². The first-order valence-corrected chi connectivity index (χ1v) is 18.9. The molecule has 3 unspecified atom stereocenters. The van der Waals surface area contributed by atoms with E-state index in [1.165, 1.54) is 104 Å². The molecule has 248 valence electrons. The van der Waals surface area contributed by atoms with E-state index in [0.29, 0.717) is 5.92 Å². The molecule has 3 aliphatic rings. The van der Waals surface area contributed by atoms with Gasteiger partial charge >= 0.3 is 0 Å². The van der Waals surface area contributed by atoms with Crippen LogP contribution in [0.1, 0.15) is 62.1 Å². The molecule has 1 nitrogen and oxygen atoms in total. The van der Waals surface area contributed by atoms with Gasteiger partial charge in [-0.05, 0) is 123 Å². The Morgan fingerprint density at radius 3 is 1.96 bits per heavy atom. The Balaban J connectivity index is 1.16. The molecule has 1 heteroatoms. The molecule has 7 aromatic rings. The van der Waals surface area contributed by atoms with Crippen LogP contribution in [0, 0.1) is 11.8 Å². The number of hydrogen-bond acceptors (Lipinski definition) is 1. The second-order valence-corrected chi connectivity index (χ2v) is 15.7. The first kappa shape index (κ1) is 30.4. The number of benzene rings is 7. The summed E-state index contributed by atoms with van der Waals surface area (Å²) in [6, 6.07) is 59.1. The summed E-state index contributed by atoms with van der Waals surface area (Å²) in [5, 5.41) is 2.55. The van der Waals surface area contributed by atoms with E-state index < -0.39 is 0 Å². The molecule has 3 atom stereocenters. The van der Waals surface area contributed by atoms with Crippen molar-refractivity contribution in [2.45, 2.75) is 50.9 Å². The minimum atomic E-state index is -0.0715. The molecule has 0 saturated heterocycles. The average molecular weight is 658 g/mol. The number of hydrogen-bond donors (Lipinski definition) is 0. The zero-order valence-corrected chi connectivity index (χ0v) is 29.5. The molecule has 0 N–H and O–H groups in total. The number of anilines is 3. The highest BCUT2D eigenvalue weighted by Crippen LogP contribution is 2.55. The molecule has 0 spiro atoms. The Morgan fingerprint density at radius 2 is 1.20 bits per heavy atom. The maximum absolute atomic E-state index is 2.52. The first-order valence-electron chi connectivity index (χ1n) is 18.9. The van der Waals surface area contributed by atoms with Gasteiger partial charge in [0.05, 0.1) is 5.69 Å². The number of rotatable bonds is 6. The van der Waals surface area contributed by atoms with Gasteiger partial charge in [0.2, 0.25) is 0 Å². The van der Waals surface area contributed by atoms with Crippen molar-refractivity contribution in [3.05, 3.63) is 174 Å². The lowest BCUT2D eigenvalue weighted by Crippen LogP contribution is -2.16. The van der Waals surface area contributed by atoms with Crippen LogP contribution in [0.5, 0.6) is 0 Å². The smallest absolute Gasteiger partial charge is 0.0543 e. The van der Waals surface area contributed by atoms with E-state index in [2.05, 4.69) is 176 Å². The summed E-state index contributed by atoms with van der Waals surface area (Å²) in [7, 11) is 0. The Bertz CT molecular complexity index is 2410. The second kappa shape index (κ2) is 11.8. The maximum atomic E-state index is 2.52. The molecule has 0 amide bonds. The van der Waals surface area contributed by atoms with Crippen molar-refractivity contribution in [2.75, 3.05) is 4.90 Å². The van der Waals surface area contributed by atoms with E-state index >= 15 is 0 Å². The fourth-order valence-electron chi connectivity index (χ4n) is 10.1. The van der Waals surface area contributed by atoms with Gasteiger partial charge in [0, 0.05) is 22.4 Å². The largest absolute Gasteiger partial charge is 0.310 e. The number of nitrogens with zero attached hydrogens (tertiary/aromatic N) is 1. The third-order valence-electron chi connectivity index (χ3n) is 12.5. The predicted molar refractivity (Wildman–Crippen MR) is 215 cm³/mol. The van der Waals surface area contributed by atoms with Gasteiger partial charge in [0.25, 0.3) is 0 Å². The minimum absolute atomic E-state index is 0.0715. The van der Waals surface area contributed by atoms with E-state index in [9.17, 15) is 0 Å². The normalized spacial score (nSPS) is 19.6. The van der Waals surface area contributed by atoms with Crippen molar-refractivity contribution in [3.8, 4) is 33.4 Å². The van der Waals surface area contributed by atoms with E-state index in [1.54, 1.807) is 0 Å². The summed E-state index contributed by atoms with van der Waals surface area (Å²) in [4.78, 5) is 2.52. The van der Waals surface area contributed by atoms with Crippen molar-refractivity contribution >= 4 is 27.8 Å². The zero-order valence-electron chi connectivity index (χ0n) is 29.5. The summed E-state index contributed by atoms with van der Waals surface area (Å²) in [5.74, 6) is 2.52. The lowest BCUT2D eigenvalue weighted by molar-refractivity contribution is 0.420. The van der Waals surface area contributed by atoms with Crippen molar-refractivity contribution in [1.29, 1.82) is 0 Å². The van der Waals surface area contributed by atoms with E-state index in [0.717, 1.165) is 11.8 Å². The highest BCUT2D eigenvalue weighted by atomic mass is 15.1. The van der Waals surface area contributed by atoms with Gasteiger partial charge in [-0.2, -0.15) is 0 Å². The SMILES string of the molecule is CC1(C)c2ccccc2-c2c(N(c3ccc(C4CC5CCC4C5)cc3)c3cccc(-c4cccc5cccc(-c6ccccc6)c45)c3)cccc21. The fourth-order valence-corrected chi connectivity index (χ4v) is 10.1. The lowest BCUT2D eigenvalue weighted by atomic mass is 9.82. The maximum Gasteiger partial charge on any atom is 0.0543 e. The zero-order chi connectivity index (χ0) is 34.1. The van der Waals surface area contributed by atoms with Crippen molar-refractivity contribution in [1.82, 2.24) is 0 Å². The van der Waals surface area contributed by atoms with Crippen LogP contribution < -0.4 is 4.90 Å². The number of fused-ring (bicyclic) bond motifs is 6. The quantitative estimate of drug-likeness (QED) is 0.172. The molecule has 10 rings (SSSR count). The fraction of sp³-hybridized carbons (Fsp3) is 0.200. The molecule has 0 heterocycles. The van der Waals surface area contributed by atoms with Crippen molar-refractivity contribution in [3.63, 3.8) is 0 Å². The Morgan fingerprint density at radius 1 is 0.529 bits per heavy atom.